The molecule has 1 aliphatic carbocycles. The largest absolute Gasteiger partial charge is 0.497 e. The molecule has 1 amide bonds. The number of benzene rings is 2. The molecule has 2 aromatic carbocycles. The predicted molar refractivity (Wildman–Crippen MR) is 154 cm³/mol. The lowest BCUT2D eigenvalue weighted by atomic mass is 9.69. The fourth-order valence-electron chi connectivity index (χ4n) is 5.08. The molecule has 8 heteroatoms. The van der Waals surface area contributed by atoms with E-state index >= 15 is 0 Å². The first-order valence-electron chi connectivity index (χ1n) is 13.3. The smallest absolute Gasteiger partial charge is 0.339 e. The van der Waals surface area contributed by atoms with Gasteiger partial charge < -0.3 is 19.3 Å². The van der Waals surface area contributed by atoms with Gasteiger partial charge in [-0.3, -0.25) is 4.79 Å². The second-order valence-electron chi connectivity index (χ2n) is 11.2. The average Bonchev–Trinajstić information content (AvgIpc) is 3.34. The van der Waals surface area contributed by atoms with Gasteiger partial charge in [-0.15, -0.1) is 0 Å². The fourth-order valence-corrected chi connectivity index (χ4v) is 5.08. The van der Waals surface area contributed by atoms with Gasteiger partial charge in [0.05, 0.1) is 23.9 Å². The van der Waals surface area contributed by atoms with Gasteiger partial charge in [0.25, 0.3) is 5.91 Å². The minimum Gasteiger partial charge on any atom is -0.497 e. The van der Waals surface area contributed by atoms with Crippen molar-refractivity contribution in [2.24, 2.45) is 11.3 Å². The molecule has 1 aliphatic rings. The third kappa shape index (κ3) is 5.76. The number of anilines is 1. The second-order valence-corrected chi connectivity index (χ2v) is 11.2. The number of para-hydroxylation sites is 1. The maximum absolute atomic E-state index is 13.7. The Morgan fingerprint density at radius 3 is 2.52 bits per heavy atom. The number of carbonyl (C=O) groups excluding carboxylic acids is 2. The van der Waals surface area contributed by atoms with Crippen LogP contribution in [0.15, 0.2) is 59.1 Å². The highest BCUT2D eigenvalue weighted by atomic mass is 16.5. The molecular formula is C32H33N3O5. The molecule has 4 aromatic rings. The number of aryl methyl sites for hydroxylation is 1. The van der Waals surface area contributed by atoms with Crippen molar-refractivity contribution in [2.75, 3.05) is 19.0 Å². The van der Waals surface area contributed by atoms with Crippen LogP contribution in [-0.2, 0) is 16.0 Å². The van der Waals surface area contributed by atoms with Crippen molar-refractivity contribution in [2.45, 2.75) is 40.5 Å². The third-order valence-corrected chi connectivity index (χ3v) is 7.33. The molecule has 1 atom stereocenters. The first kappa shape index (κ1) is 27.1. The number of nitrogens with one attached hydrogen (secondary N) is 1. The van der Waals surface area contributed by atoms with Crippen molar-refractivity contribution >= 4 is 40.2 Å². The number of hydrogen-bond acceptors (Lipinski definition) is 7. The summed E-state index contributed by atoms with van der Waals surface area (Å²) in [5.74, 6) is 0.829. The Morgan fingerprint density at radius 1 is 1.10 bits per heavy atom. The Kier molecular flexibility index (Phi) is 7.43. The van der Waals surface area contributed by atoms with Gasteiger partial charge in [-0.05, 0) is 72.1 Å². The van der Waals surface area contributed by atoms with E-state index in [-0.39, 0.29) is 17.2 Å². The van der Waals surface area contributed by atoms with Crippen molar-refractivity contribution in [1.29, 1.82) is 0 Å². The zero-order chi connectivity index (χ0) is 28.4. The van der Waals surface area contributed by atoms with Gasteiger partial charge in [-0.25, -0.2) is 9.78 Å². The molecule has 0 saturated carbocycles. The maximum atomic E-state index is 13.7. The molecule has 0 aliphatic heterocycles. The van der Waals surface area contributed by atoms with E-state index in [1.165, 1.54) is 0 Å². The zero-order valence-corrected chi connectivity index (χ0v) is 23.4. The van der Waals surface area contributed by atoms with Crippen LogP contribution in [0.25, 0.3) is 22.6 Å². The molecule has 0 radical (unpaired) electrons. The lowest BCUT2D eigenvalue weighted by molar-refractivity contribution is -0.119. The summed E-state index contributed by atoms with van der Waals surface area (Å²) >= 11 is 0. The minimum absolute atomic E-state index is 0.0148. The summed E-state index contributed by atoms with van der Waals surface area (Å²) in [4.78, 5) is 31.2. The minimum atomic E-state index is -0.556. The monoisotopic (exact) mass is 539 g/mol. The van der Waals surface area contributed by atoms with E-state index in [0.717, 1.165) is 34.6 Å². The lowest BCUT2D eigenvalue weighted by Gasteiger charge is -2.36. The number of nitrogens with zero attached hydrogens (tertiary/aromatic N) is 2. The quantitative estimate of drug-likeness (QED) is 0.280. The molecule has 206 valence electrons. The van der Waals surface area contributed by atoms with E-state index in [9.17, 15) is 9.59 Å². The summed E-state index contributed by atoms with van der Waals surface area (Å²) in [5, 5.41) is 7.05. The summed E-state index contributed by atoms with van der Waals surface area (Å²) in [6.07, 6.45) is 3.63. The molecule has 0 saturated heterocycles. The highest BCUT2D eigenvalue weighted by Crippen LogP contribution is 2.45. The Bertz CT molecular complexity index is 1600. The van der Waals surface area contributed by atoms with E-state index in [4.69, 9.17) is 19.0 Å². The maximum Gasteiger partial charge on any atom is 0.339 e. The van der Waals surface area contributed by atoms with Gasteiger partial charge in [0, 0.05) is 11.5 Å². The van der Waals surface area contributed by atoms with Crippen LogP contribution in [0.5, 0.6) is 5.75 Å². The third-order valence-electron chi connectivity index (χ3n) is 7.33. The number of amides is 1. The van der Waals surface area contributed by atoms with Gasteiger partial charge in [0.15, 0.2) is 12.4 Å². The Balaban J connectivity index is 1.55. The zero-order valence-electron chi connectivity index (χ0n) is 23.4. The highest BCUT2D eigenvalue weighted by molar-refractivity contribution is 6.07. The Labute approximate surface area is 233 Å². The van der Waals surface area contributed by atoms with Crippen molar-refractivity contribution in [3.05, 3.63) is 82.7 Å². The number of ether oxygens (including phenoxy) is 2. The molecule has 1 N–H and O–H groups in total. The van der Waals surface area contributed by atoms with E-state index in [2.05, 4.69) is 37.3 Å². The van der Waals surface area contributed by atoms with E-state index in [1.54, 1.807) is 20.1 Å². The average molecular weight is 540 g/mol. The van der Waals surface area contributed by atoms with Gasteiger partial charge in [-0.1, -0.05) is 56.3 Å². The van der Waals surface area contributed by atoms with Crippen LogP contribution in [0, 0.1) is 18.3 Å². The second kappa shape index (κ2) is 11.0. The summed E-state index contributed by atoms with van der Waals surface area (Å²) < 4.78 is 15.9. The summed E-state index contributed by atoms with van der Waals surface area (Å²) in [6, 6.07) is 17.0. The number of fused-ring (bicyclic) bond motifs is 2. The molecule has 0 fully saturated rings. The van der Waals surface area contributed by atoms with Gasteiger partial charge in [0.1, 0.15) is 11.5 Å². The van der Waals surface area contributed by atoms with Gasteiger partial charge in [-0.2, -0.15) is 0 Å². The molecule has 8 nitrogen and oxygen atoms in total. The molecule has 40 heavy (non-hydrogen) atoms. The fraction of sp³-hybridized carbons (Fsp3) is 0.312. The van der Waals surface area contributed by atoms with Crippen molar-refractivity contribution in [1.82, 2.24) is 10.1 Å². The van der Waals surface area contributed by atoms with Crippen molar-refractivity contribution in [3.63, 3.8) is 0 Å². The summed E-state index contributed by atoms with van der Waals surface area (Å²) in [6.45, 7) is 7.93. The van der Waals surface area contributed by atoms with Crippen LogP contribution in [0.2, 0.25) is 0 Å². The molecule has 0 bridgehead atoms. The molecular weight excluding hydrogens is 506 g/mol. The standard InChI is InChI=1S/C32H33N3O5/c1-19-14-27(35-40-19)34-28(36)18-39-31(37)29-24-8-6-7-9-26(24)33-30-21(15-20-10-12-23(38-5)13-11-20)16-22(17-25(29)30)32(2,3)4/h6-15,22H,16-18H2,1-5H3,(H,34,35,36)/b21-15-. The van der Waals surface area contributed by atoms with Gasteiger partial charge >= 0.3 is 5.97 Å². The van der Waals surface area contributed by atoms with Crippen LogP contribution >= 0.6 is 0 Å². The molecule has 2 heterocycles. The number of pyridine rings is 1. The highest BCUT2D eigenvalue weighted by Gasteiger charge is 2.35. The number of esters is 1. The van der Waals surface area contributed by atoms with Crippen LogP contribution in [0.4, 0.5) is 5.82 Å². The van der Waals surface area contributed by atoms with Crippen LogP contribution in [-0.4, -0.2) is 35.7 Å². The molecule has 2 aromatic heterocycles. The molecule has 0 spiro atoms. The van der Waals surface area contributed by atoms with E-state index in [0.29, 0.717) is 28.6 Å². The lowest BCUT2D eigenvalue weighted by Crippen LogP contribution is -2.29. The number of carbonyl (C=O) groups is 2. The molecule has 5 rings (SSSR count). The SMILES string of the molecule is COc1ccc(/C=C2/CC(C(C)(C)C)Cc3c2nc2ccccc2c3C(=O)OCC(=O)Nc2cc(C)on2)cc1. The topological polar surface area (TPSA) is 104 Å². The summed E-state index contributed by atoms with van der Waals surface area (Å²) in [7, 11) is 1.65. The first-order chi connectivity index (χ1) is 19.1. The van der Waals surface area contributed by atoms with E-state index < -0.39 is 18.5 Å². The number of allylic oxidation sites excluding steroid dienone is 1. The number of methoxy groups -OCH3 is 1. The Hall–Kier alpha value is -4.46. The number of rotatable bonds is 6. The van der Waals surface area contributed by atoms with Crippen LogP contribution in [0.1, 0.15) is 60.1 Å². The van der Waals surface area contributed by atoms with Crippen LogP contribution in [0.3, 0.4) is 0 Å². The normalized spacial score (nSPS) is 16.0. The Morgan fingerprint density at radius 2 is 1.85 bits per heavy atom. The van der Waals surface area contributed by atoms with E-state index in [1.807, 2.05) is 48.5 Å². The number of hydrogen-bond donors (Lipinski definition) is 1. The first-order valence-corrected chi connectivity index (χ1v) is 13.3. The predicted octanol–water partition coefficient (Wildman–Crippen LogP) is 6.48. The molecule has 1 unspecified atom stereocenters. The van der Waals surface area contributed by atoms with Gasteiger partial charge in [0.2, 0.25) is 0 Å². The van der Waals surface area contributed by atoms with Crippen LogP contribution < -0.4 is 10.1 Å². The number of aromatic nitrogens is 2. The van der Waals surface area contributed by atoms with Crippen molar-refractivity contribution in [3.8, 4) is 5.75 Å². The summed E-state index contributed by atoms with van der Waals surface area (Å²) in [5.41, 5.74) is 4.87. The van der Waals surface area contributed by atoms with Crippen molar-refractivity contribution < 1.29 is 23.6 Å².